The van der Waals surface area contributed by atoms with Crippen LogP contribution in [0.2, 0.25) is 0 Å². The summed E-state index contributed by atoms with van der Waals surface area (Å²) in [6.45, 7) is 6.03. The molecule has 0 unspecified atom stereocenters. The second kappa shape index (κ2) is 14.2. The van der Waals surface area contributed by atoms with E-state index in [0.717, 1.165) is 32.0 Å². The molecule has 0 aliphatic carbocycles. The summed E-state index contributed by atoms with van der Waals surface area (Å²) in [6.07, 6.45) is 3.33. The monoisotopic (exact) mass is 580 g/mol. The molecule has 2 amide bonds. The average Bonchev–Trinajstić information content (AvgIpc) is 3.62. The van der Waals surface area contributed by atoms with Crippen molar-refractivity contribution in [2.45, 2.75) is 26.9 Å². The zero-order valence-corrected chi connectivity index (χ0v) is 23.9. The fourth-order valence-electron chi connectivity index (χ4n) is 4.05. The number of carbonyl (C=O) groups is 2. The van der Waals surface area contributed by atoms with Gasteiger partial charge in [0, 0.05) is 59.7 Å². The second-order valence-corrected chi connectivity index (χ2v) is 11.2. The third-order valence-corrected chi connectivity index (χ3v) is 8.12. The topological polar surface area (TPSA) is 148 Å². The Hall–Kier alpha value is -3.52. The van der Waals surface area contributed by atoms with Gasteiger partial charge in [0.1, 0.15) is 0 Å². The predicted octanol–water partition coefficient (Wildman–Crippen LogP) is 3.55. The Bertz CT molecular complexity index is 1360. The summed E-state index contributed by atoms with van der Waals surface area (Å²) in [5.41, 5.74) is 5.01. The van der Waals surface area contributed by atoms with Gasteiger partial charge in [0.05, 0.1) is 13.2 Å². The summed E-state index contributed by atoms with van der Waals surface area (Å²) >= 11 is 2.61. The van der Waals surface area contributed by atoms with Crippen LogP contribution in [0.1, 0.15) is 40.5 Å². The molecule has 12 heteroatoms. The lowest BCUT2D eigenvalue weighted by Crippen LogP contribution is -2.16. The number of benzene rings is 2. The molecule has 0 spiro atoms. The Morgan fingerprint density at radius 3 is 1.55 bits per heavy atom. The number of aliphatic hydroxyl groups excluding tert-OH is 2. The highest BCUT2D eigenvalue weighted by atomic mass is 32.1. The van der Waals surface area contributed by atoms with E-state index in [1.165, 1.54) is 22.7 Å². The number of hydrogen-bond acceptors (Lipinski definition) is 10. The molecule has 2 aromatic carbocycles. The van der Waals surface area contributed by atoms with Crippen molar-refractivity contribution in [2.75, 3.05) is 36.9 Å². The van der Waals surface area contributed by atoms with Crippen LogP contribution in [-0.4, -0.2) is 58.3 Å². The van der Waals surface area contributed by atoms with Crippen LogP contribution in [0.3, 0.4) is 0 Å². The number of carbonyl (C=O) groups excluding carboxylic acids is 2. The summed E-state index contributed by atoms with van der Waals surface area (Å²) in [6, 6.07) is 11.4. The SMILES string of the molecule is Cc1c(NC(=O)c2ncc(CNCCO)s2)cccc1-c1cccc(NC(=O)c2ncc(CNCCO)s2)c1C. The Balaban J connectivity index is 1.48. The number of thiazole rings is 2. The average molecular weight is 581 g/mol. The Morgan fingerprint density at radius 2 is 1.15 bits per heavy atom. The van der Waals surface area contributed by atoms with Gasteiger partial charge in [0.2, 0.25) is 0 Å². The highest BCUT2D eigenvalue weighted by molar-refractivity contribution is 7.14. The summed E-state index contributed by atoms with van der Waals surface area (Å²) in [5.74, 6) is -0.573. The van der Waals surface area contributed by atoms with Gasteiger partial charge in [0.15, 0.2) is 10.0 Å². The fraction of sp³-hybridized carbons (Fsp3) is 0.286. The normalized spacial score (nSPS) is 11.0. The molecule has 0 bridgehead atoms. The number of nitrogens with one attached hydrogen (secondary N) is 4. The molecule has 0 saturated heterocycles. The van der Waals surface area contributed by atoms with Crippen LogP contribution in [0, 0.1) is 13.8 Å². The molecule has 210 valence electrons. The molecule has 0 aliphatic heterocycles. The van der Waals surface area contributed by atoms with Gasteiger partial charge in [-0.3, -0.25) is 9.59 Å². The van der Waals surface area contributed by atoms with Crippen LogP contribution in [0.25, 0.3) is 11.1 Å². The van der Waals surface area contributed by atoms with Crippen LogP contribution in [-0.2, 0) is 13.1 Å². The van der Waals surface area contributed by atoms with Crippen molar-refractivity contribution >= 4 is 45.9 Å². The van der Waals surface area contributed by atoms with Crippen molar-refractivity contribution in [3.8, 4) is 11.1 Å². The zero-order valence-electron chi connectivity index (χ0n) is 22.3. The van der Waals surface area contributed by atoms with Gasteiger partial charge in [-0.25, -0.2) is 9.97 Å². The van der Waals surface area contributed by atoms with Gasteiger partial charge in [-0.05, 0) is 48.2 Å². The summed E-state index contributed by atoms with van der Waals surface area (Å²) < 4.78 is 0. The van der Waals surface area contributed by atoms with Crippen molar-refractivity contribution in [3.05, 3.63) is 79.7 Å². The number of hydrogen-bond donors (Lipinski definition) is 6. The Kier molecular flexibility index (Phi) is 10.5. The minimum Gasteiger partial charge on any atom is -0.395 e. The summed E-state index contributed by atoms with van der Waals surface area (Å²) in [5, 5.41) is 30.7. The largest absolute Gasteiger partial charge is 0.395 e. The van der Waals surface area contributed by atoms with E-state index in [0.29, 0.717) is 47.6 Å². The van der Waals surface area contributed by atoms with Gasteiger partial charge in [-0.2, -0.15) is 0 Å². The zero-order chi connectivity index (χ0) is 28.5. The molecule has 4 aromatic rings. The Labute approximate surface area is 240 Å². The highest BCUT2D eigenvalue weighted by Gasteiger charge is 2.17. The molecule has 2 aromatic heterocycles. The first-order valence-corrected chi connectivity index (χ1v) is 14.4. The van der Waals surface area contributed by atoms with Crippen molar-refractivity contribution < 1.29 is 19.8 Å². The molecule has 0 aliphatic rings. The van der Waals surface area contributed by atoms with Gasteiger partial charge in [-0.15, -0.1) is 22.7 Å². The first kappa shape index (κ1) is 29.5. The molecule has 10 nitrogen and oxygen atoms in total. The lowest BCUT2D eigenvalue weighted by atomic mass is 9.94. The third-order valence-electron chi connectivity index (χ3n) is 6.13. The van der Waals surface area contributed by atoms with E-state index in [1.807, 2.05) is 50.2 Å². The second-order valence-electron chi connectivity index (χ2n) is 8.93. The Morgan fingerprint density at radius 1 is 0.725 bits per heavy atom. The number of aromatic nitrogens is 2. The van der Waals surface area contributed by atoms with Gasteiger partial charge in [-0.1, -0.05) is 24.3 Å². The quantitative estimate of drug-likeness (QED) is 0.132. The molecule has 0 saturated carbocycles. The van der Waals surface area contributed by atoms with E-state index >= 15 is 0 Å². The molecule has 6 N–H and O–H groups in total. The van der Waals surface area contributed by atoms with Crippen LogP contribution in [0.5, 0.6) is 0 Å². The first-order chi connectivity index (χ1) is 19.4. The smallest absolute Gasteiger partial charge is 0.284 e. The van der Waals surface area contributed by atoms with Crippen molar-refractivity contribution in [3.63, 3.8) is 0 Å². The molecule has 40 heavy (non-hydrogen) atoms. The van der Waals surface area contributed by atoms with E-state index < -0.39 is 0 Å². The lowest BCUT2D eigenvalue weighted by Gasteiger charge is -2.16. The molecule has 4 rings (SSSR count). The number of amides is 2. The minimum absolute atomic E-state index is 0.0495. The molecular weight excluding hydrogens is 548 g/mol. The van der Waals surface area contributed by atoms with Crippen LogP contribution >= 0.6 is 22.7 Å². The highest BCUT2D eigenvalue weighted by Crippen LogP contribution is 2.34. The number of rotatable bonds is 13. The standard InChI is InChI=1S/C28H32N6O4S2/c1-17-21(5-3-7-23(17)33-25(37)27-31-15-19(39-27)13-29-9-11-35)22-6-4-8-24(18(22)2)34-26(38)28-32-16-20(40-28)14-30-10-12-36/h3-8,15-16,29-30,35-36H,9-14H2,1-2H3,(H,33,37)(H,34,38). The molecule has 0 fully saturated rings. The van der Waals surface area contributed by atoms with Crippen LogP contribution < -0.4 is 21.3 Å². The van der Waals surface area contributed by atoms with Crippen molar-refractivity contribution in [2.24, 2.45) is 0 Å². The lowest BCUT2D eigenvalue weighted by molar-refractivity contribution is 0.101. The van der Waals surface area contributed by atoms with Crippen LogP contribution in [0.4, 0.5) is 11.4 Å². The fourth-order valence-corrected chi connectivity index (χ4v) is 5.60. The number of aliphatic hydroxyl groups is 2. The van der Waals surface area contributed by atoms with E-state index in [9.17, 15) is 9.59 Å². The van der Waals surface area contributed by atoms with E-state index in [1.54, 1.807) is 12.4 Å². The number of anilines is 2. The summed E-state index contributed by atoms with van der Waals surface area (Å²) in [7, 11) is 0. The van der Waals surface area contributed by atoms with Gasteiger partial charge >= 0.3 is 0 Å². The predicted molar refractivity (Wildman–Crippen MR) is 159 cm³/mol. The van der Waals surface area contributed by atoms with E-state index in [4.69, 9.17) is 10.2 Å². The summed E-state index contributed by atoms with van der Waals surface area (Å²) in [4.78, 5) is 36.1. The molecule has 2 heterocycles. The molecule has 0 atom stereocenters. The van der Waals surface area contributed by atoms with E-state index in [-0.39, 0.29) is 25.0 Å². The van der Waals surface area contributed by atoms with Gasteiger partial charge < -0.3 is 31.5 Å². The third kappa shape index (κ3) is 7.36. The van der Waals surface area contributed by atoms with Gasteiger partial charge in [0.25, 0.3) is 11.8 Å². The maximum atomic E-state index is 12.9. The maximum absolute atomic E-state index is 12.9. The first-order valence-electron chi connectivity index (χ1n) is 12.8. The maximum Gasteiger partial charge on any atom is 0.284 e. The van der Waals surface area contributed by atoms with Crippen molar-refractivity contribution in [1.29, 1.82) is 0 Å². The number of nitrogens with zero attached hydrogens (tertiary/aromatic N) is 2. The van der Waals surface area contributed by atoms with E-state index in [2.05, 4.69) is 31.2 Å². The van der Waals surface area contributed by atoms with Crippen molar-refractivity contribution in [1.82, 2.24) is 20.6 Å². The minimum atomic E-state index is -0.286. The van der Waals surface area contributed by atoms with Crippen LogP contribution in [0.15, 0.2) is 48.8 Å². The molecular formula is C28H32N6O4S2. The molecule has 0 radical (unpaired) electrons.